The standard InChI is InChI=1S/C28H30ClFN2O3S/c1-18(2)15-31(28(34)20-5-4-6-21(30)14-20)16-27(33)32-11-9-26-23(10-12-36-26)25(32)17-35-22-7-8-24(29)19(3)13-22/h4-8,10,12-14,18,25H,9,11,15-17H2,1-3H3/t25-/m1/s1. The SMILES string of the molecule is Cc1cc(OC[C@@H]2c3ccsc3CCN2C(=O)CN(CC(C)C)C(=O)c2cccc(F)c2)ccc1Cl. The smallest absolute Gasteiger partial charge is 0.254 e. The summed E-state index contributed by atoms with van der Waals surface area (Å²) in [5, 5.41) is 2.71. The van der Waals surface area contributed by atoms with Crippen molar-refractivity contribution in [2.75, 3.05) is 26.2 Å². The summed E-state index contributed by atoms with van der Waals surface area (Å²) in [6, 6.07) is 12.9. The van der Waals surface area contributed by atoms with E-state index in [1.165, 1.54) is 28.0 Å². The average Bonchev–Trinajstić information content (AvgIpc) is 3.32. The van der Waals surface area contributed by atoms with Gasteiger partial charge in [-0.05, 0) is 78.2 Å². The summed E-state index contributed by atoms with van der Waals surface area (Å²) >= 11 is 7.83. The van der Waals surface area contributed by atoms with Crippen LogP contribution in [0.15, 0.2) is 53.9 Å². The monoisotopic (exact) mass is 528 g/mol. The van der Waals surface area contributed by atoms with E-state index in [1.807, 2.05) is 49.3 Å². The maximum Gasteiger partial charge on any atom is 0.254 e. The summed E-state index contributed by atoms with van der Waals surface area (Å²) in [6.07, 6.45) is 0.761. The molecule has 0 N–H and O–H groups in total. The first-order chi connectivity index (χ1) is 17.2. The molecule has 5 nitrogen and oxygen atoms in total. The van der Waals surface area contributed by atoms with E-state index in [1.54, 1.807) is 23.5 Å². The van der Waals surface area contributed by atoms with Crippen LogP contribution in [0.25, 0.3) is 0 Å². The second-order valence-electron chi connectivity index (χ2n) is 9.46. The Morgan fingerprint density at radius 1 is 1.22 bits per heavy atom. The molecule has 190 valence electrons. The van der Waals surface area contributed by atoms with Gasteiger partial charge in [-0.15, -0.1) is 11.3 Å². The van der Waals surface area contributed by atoms with E-state index in [9.17, 15) is 14.0 Å². The molecule has 36 heavy (non-hydrogen) atoms. The van der Waals surface area contributed by atoms with Crippen molar-refractivity contribution in [3.8, 4) is 5.75 Å². The maximum absolute atomic E-state index is 13.8. The number of aryl methyl sites for hydroxylation is 1. The molecule has 0 saturated carbocycles. The summed E-state index contributed by atoms with van der Waals surface area (Å²) in [4.78, 5) is 31.4. The molecule has 3 aromatic rings. The number of carbonyl (C=O) groups excluding carboxylic acids is 2. The zero-order chi connectivity index (χ0) is 25.8. The van der Waals surface area contributed by atoms with E-state index in [0.717, 1.165) is 17.5 Å². The van der Waals surface area contributed by atoms with Gasteiger partial charge in [-0.1, -0.05) is 31.5 Å². The highest BCUT2D eigenvalue weighted by Crippen LogP contribution is 2.34. The molecule has 8 heteroatoms. The van der Waals surface area contributed by atoms with Gasteiger partial charge in [-0.3, -0.25) is 9.59 Å². The molecule has 2 aromatic carbocycles. The molecule has 0 saturated heterocycles. The predicted molar refractivity (Wildman–Crippen MR) is 141 cm³/mol. The van der Waals surface area contributed by atoms with E-state index < -0.39 is 5.82 Å². The highest BCUT2D eigenvalue weighted by Gasteiger charge is 2.34. The zero-order valence-electron chi connectivity index (χ0n) is 20.7. The van der Waals surface area contributed by atoms with Crippen LogP contribution in [0.5, 0.6) is 5.75 Å². The van der Waals surface area contributed by atoms with Crippen molar-refractivity contribution in [1.82, 2.24) is 9.80 Å². The maximum atomic E-state index is 13.8. The van der Waals surface area contributed by atoms with Gasteiger partial charge >= 0.3 is 0 Å². The summed E-state index contributed by atoms with van der Waals surface area (Å²) < 4.78 is 19.9. The van der Waals surface area contributed by atoms with Gasteiger partial charge in [0.25, 0.3) is 5.91 Å². The number of halogens is 2. The number of hydrogen-bond acceptors (Lipinski definition) is 4. The van der Waals surface area contributed by atoms with Crippen LogP contribution in [0.4, 0.5) is 4.39 Å². The fourth-order valence-corrected chi connectivity index (χ4v) is 5.52. The number of ether oxygens (including phenoxy) is 1. The van der Waals surface area contributed by atoms with Gasteiger partial charge < -0.3 is 14.5 Å². The molecule has 0 bridgehead atoms. The van der Waals surface area contributed by atoms with Gasteiger partial charge in [-0.2, -0.15) is 0 Å². The Morgan fingerprint density at radius 2 is 2.03 bits per heavy atom. The normalized spacial score (nSPS) is 15.1. The minimum absolute atomic E-state index is 0.0798. The largest absolute Gasteiger partial charge is 0.491 e. The van der Waals surface area contributed by atoms with Crippen molar-refractivity contribution in [2.24, 2.45) is 5.92 Å². The summed E-state index contributed by atoms with van der Waals surface area (Å²) in [5.74, 6) is -0.151. The van der Waals surface area contributed by atoms with Gasteiger partial charge in [0.15, 0.2) is 0 Å². The van der Waals surface area contributed by atoms with Gasteiger partial charge in [0.2, 0.25) is 5.91 Å². The van der Waals surface area contributed by atoms with Crippen LogP contribution in [-0.4, -0.2) is 47.9 Å². The second kappa shape index (κ2) is 11.4. The highest BCUT2D eigenvalue weighted by atomic mass is 35.5. The average molecular weight is 529 g/mol. The molecule has 1 aromatic heterocycles. The lowest BCUT2D eigenvalue weighted by atomic mass is 10.00. The molecule has 1 atom stereocenters. The fourth-order valence-electron chi connectivity index (χ4n) is 4.47. The molecule has 0 unspecified atom stereocenters. The van der Waals surface area contributed by atoms with Gasteiger partial charge in [-0.25, -0.2) is 4.39 Å². The lowest BCUT2D eigenvalue weighted by molar-refractivity contribution is -0.135. The van der Waals surface area contributed by atoms with E-state index in [2.05, 4.69) is 0 Å². The van der Waals surface area contributed by atoms with Crippen molar-refractivity contribution in [2.45, 2.75) is 33.2 Å². The van der Waals surface area contributed by atoms with E-state index in [-0.39, 0.29) is 35.9 Å². The Bertz CT molecular complexity index is 1250. The number of benzene rings is 2. The molecule has 2 amide bonds. The Hall–Kier alpha value is -2.90. The van der Waals surface area contributed by atoms with Crippen LogP contribution in [0.1, 0.15) is 46.3 Å². The molecule has 4 rings (SSSR count). The van der Waals surface area contributed by atoms with E-state index in [4.69, 9.17) is 16.3 Å². The summed E-state index contributed by atoms with van der Waals surface area (Å²) in [6.45, 7) is 7.04. The first kappa shape index (κ1) is 26.2. The predicted octanol–water partition coefficient (Wildman–Crippen LogP) is 6.15. The van der Waals surface area contributed by atoms with Crippen LogP contribution in [0, 0.1) is 18.7 Å². The second-order valence-corrected chi connectivity index (χ2v) is 10.9. The number of amides is 2. The molecule has 0 fully saturated rings. The van der Waals surface area contributed by atoms with Crippen molar-refractivity contribution >= 4 is 34.8 Å². The Kier molecular flexibility index (Phi) is 8.32. The third kappa shape index (κ3) is 6.08. The van der Waals surface area contributed by atoms with Crippen LogP contribution >= 0.6 is 22.9 Å². The van der Waals surface area contributed by atoms with Crippen molar-refractivity contribution in [1.29, 1.82) is 0 Å². The molecule has 2 heterocycles. The van der Waals surface area contributed by atoms with E-state index in [0.29, 0.717) is 30.5 Å². The number of carbonyl (C=O) groups is 2. The third-order valence-corrected chi connectivity index (χ3v) is 7.64. The van der Waals surface area contributed by atoms with Gasteiger partial charge in [0.1, 0.15) is 24.7 Å². The number of nitrogens with zero attached hydrogens (tertiary/aromatic N) is 2. The number of thiophene rings is 1. The van der Waals surface area contributed by atoms with Gasteiger partial charge in [0, 0.05) is 28.6 Å². The Balaban J connectivity index is 1.54. The van der Waals surface area contributed by atoms with Crippen molar-refractivity contribution < 1.29 is 18.7 Å². The molecular formula is C28H30ClFN2O3S. The molecule has 1 aliphatic heterocycles. The van der Waals surface area contributed by atoms with Crippen LogP contribution < -0.4 is 4.74 Å². The highest BCUT2D eigenvalue weighted by molar-refractivity contribution is 7.10. The Labute approximate surface area is 220 Å². The van der Waals surface area contributed by atoms with Crippen molar-refractivity contribution in [3.05, 3.63) is 86.3 Å². The quantitative estimate of drug-likeness (QED) is 0.352. The Morgan fingerprint density at radius 3 is 2.75 bits per heavy atom. The summed E-state index contributed by atoms with van der Waals surface area (Å²) in [7, 11) is 0. The lowest BCUT2D eigenvalue weighted by Crippen LogP contribution is -2.48. The zero-order valence-corrected chi connectivity index (χ0v) is 22.2. The minimum atomic E-state index is -0.479. The molecular weight excluding hydrogens is 499 g/mol. The topological polar surface area (TPSA) is 49.9 Å². The molecule has 0 spiro atoms. The third-order valence-electron chi connectivity index (χ3n) is 6.22. The lowest BCUT2D eigenvalue weighted by Gasteiger charge is -2.37. The first-order valence-corrected chi connectivity index (χ1v) is 13.3. The van der Waals surface area contributed by atoms with Crippen molar-refractivity contribution in [3.63, 3.8) is 0 Å². The van der Waals surface area contributed by atoms with Crippen LogP contribution in [0.3, 0.4) is 0 Å². The first-order valence-electron chi connectivity index (χ1n) is 12.0. The van der Waals surface area contributed by atoms with Gasteiger partial charge in [0.05, 0.1) is 6.04 Å². The molecule has 0 aliphatic carbocycles. The molecule has 1 aliphatic rings. The number of fused-ring (bicyclic) bond motifs is 1. The number of rotatable bonds is 8. The van der Waals surface area contributed by atoms with Crippen LogP contribution in [0.2, 0.25) is 5.02 Å². The number of hydrogen-bond donors (Lipinski definition) is 0. The van der Waals surface area contributed by atoms with E-state index >= 15 is 0 Å². The summed E-state index contributed by atoms with van der Waals surface area (Å²) in [5.41, 5.74) is 2.24. The van der Waals surface area contributed by atoms with Crippen LogP contribution in [-0.2, 0) is 11.2 Å². The minimum Gasteiger partial charge on any atom is -0.491 e. The fraction of sp³-hybridized carbons (Fsp3) is 0.357. The molecule has 0 radical (unpaired) electrons.